The molecule has 0 amide bonds. The molecule has 0 aliphatic heterocycles. The Morgan fingerprint density at radius 3 is 2.88 bits per heavy atom. The van der Waals surface area contributed by atoms with Crippen molar-refractivity contribution in [3.05, 3.63) is 35.8 Å². The second-order valence-electron chi connectivity index (χ2n) is 3.19. The summed E-state index contributed by atoms with van der Waals surface area (Å²) in [5.74, 6) is 1.25. The van der Waals surface area contributed by atoms with Crippen molar-refractivity contribution < 1.29 is 8.81 Å². The van der Waals surface area contributed by atoms with Gasteiger partial charge >= 0.3 is 0 Å². The smallest absolute Gasteiger partial charge is 0.226 e. The highest BCUT2D eigenvalue weighted by molar-refractivity contribution is 7.98. The number of aryl methyl sites for hydroxylation is 1. The van der Waals surface area contributed by atoms with Gasteiger partial charge in [0.25, 0.3) is 0 Å². The second-order valence-corrected chi connectivity index (χ2v) is 4.20. The second kappa shape index (κ2) is 4.52. The SMILES string of the molecule is Cc1nnc(CSc2ccc(F)cc2N)o1. The molecular formula is C10H10FN3OS. The van der Waals surface area contributed by atoms with Gasteiger partial charge in [-0.25, -0.2) is 4.39 Å². The molecule has 0 aliphatic rings. The number of aromatic nitrogens is 2. The fourth-order valence-corrected chi connectivity index (χ4v) is 1.97. The van der Waals surface area contributed by atoms with E-state index in [2.05, 4.69) is 10.2 Å². The Morgan fingerprint density at radius 1 is 1.44 bits per heavy atom. The third-order valence-corrected chi connectivity index (χ3v) is 2.96. The minimum Gasteiger partial charge on any atom is -0.425 e. The summed E-state index contributed by atoms with van der Waals surface area (Å²) in [5, 5.41) is 7.57. The minimum absolute atomic E-state index is 0.338. The number of hydrogen-bond acceptors (Lipinski definition) is 5. The Balaban J connectivity index is 2.04. The fraction of sp³-hybridized carbons (Fsp3) is 0.200. The zero-order valence-electron chi connectivity index (χ0n) is 8.61. The summed E-state index contributed by atoms with van der Waals surface area (Å²) < 4.78 is 18.0. The van der Waals surface area contributed by atoms with Crippen LogP contribution in [0.4, 0.5) is 10.1 Å². The Labute approximate surface area is 96.0 Å². The van der Waals surface area contributed by atoms with Crippen LogP contribution in [-0.4, -0.2) is 10.2 Å². The average Bonchev–Trinajstić information content (AvgIpc) is 2.63. The Hall–Kier alpha value is -1.56. The van der Waals surface area contributed by atoms with Gasteiger partial charge in [0.05, 0.1) is 5.75 Å². The molecule has 0 saturated heterocycles. The van der Waals surface area contributed by atoms with E-state index in [1.807, 2.05) is 0 Å². The van der Waals surface area contributed by atoms with Crippen LogP contribution >= 0.6 is 11.8 Å². The molecule has 84 valence electrons. The van der Waals surface area contributed by atoms with Crippen molar-refractivity contribution in [1.29, 1.82) is 0 Å². The zero-order valence-corrected chi connectivity index (χ0v) is 9.42. The number of nitrogens with two attached hydrogens (primary N) is 1. The number of benzene rings is 1. The highest BCUT2D eigenvalue weighted by atomic mass is 32.2. The maximum absolute atomic E-state index is 12.8. The third-order valence-electron chi connectivity index (χ3n) is 1.89. The van der Waals surface area contributed by atoms with Crippen LogP contribution in [0.1, 0.15) is 11.8 Å². The van der Waals surface area contributed by atoms with Crippen LogP contribution in [0.25, 0.3) is 0 Å². The van der Waals surface area contributed by atoms with E-state index in [0.29, 0.717) is 23.2 Å². The van der Waals surface area contributed by atoms with Crippen LogP contribution in [0, 0.1) is 12.7 Å². The van der Waals surface area contributed by atoms with Gasteiger partial charge in [0, 0.05) is 17.5 Å². The molecule has 6 heteroatoms. The lowest BCUT2D eigenvalue weighted by Crippen LogP contribution is -1.90. The Kier molecular flexibility index (Phi) is 3.09. The number of thioether (sulfide) groups is 1. The molecule has 0 bridgehead atoms. The predicted octanol–water partition coefficient (Wildman–Crippen LogP) is 2.39. The lowest BCUT2D eigenvalue weighted by molar-refractivity contribution is 0.485. The number of hydrogen-bond donors (Lipinski definition) is 1. The Morgan fingerprint density at radius 2 is 2.25 bits per heavy atom. The van der Waals surface area contributed by atoms with E-state index in [-0.39, 0.29) is 5.82 Å². The molecule has 1 heterocycles. The summed E-state index contributed by atoms with van der Waals surface area (Å²) in [7, 11) is 0. The lowest BCUT2D eigenvalue weighted by atomic mass is 10.3. The quantitative estimate of drug-likeness (QED) is 0.658. The van der Waals surface area contributed by atoms with Crippen LogP contribution in [-0.2, 0) is 5.75 Å². The molecular weight excluding hydrogens is 229 g/mol. The molecule has 2 aromatic rings. The molecule has 0 aliphatic carbocycles. The molecule has 4 nitrogen and oxygen atoms in total. The van der Waals surface area contributed by atoms with Gasteiger partial charge < -0.3 is 10.2 Å². The number of nitrogens with zero attached hydrogens (tertiary/aromatic N) is 2. The van der Waals surface area contributed by atoms with Gasteiger partial charge in [-0.05, 0) is 18.2 Å². The molecule has 16 heavy (non-hydrogen) atoms. The monoisotopic (exact) mass is 239 g/mol. The van der Waals surface area contributed by atoms with Gasteiger partial charge in [0.1, 0.15) is 5.82 Å². The van der Waals surface area contributed by atoms with Crippen LogP contribution in [0.5, 0.6) is 0 Å². The first-order chi connectivity index (χ1) is 7.65. The maximum atomic E-state index is 12.8. The normalized spacial score (nSPS) is 10.6. The van der Waals surface area contributed by atoms with E-state index in [1.54, 1.807) is 13.0 Å². The van der Waals surface area contributed by atoms with Gasteiger partial charge in [0.15, 0.2) is 0 Å². The summed E-state index contributed by atoms with van der Waals surface area (Å²) in [5.41, 5.74) is 6.08. The van der Waals surface area contributed by atoms with Crippen LogP contribution in [0.15, 0.2) is 27.5 Å². The van der Waals surface area contributed by atoms with Crippen molar-refractivity contribution in [2.24, 2.45) is 0 Å². The summed E-state index contributed by atoms with van der Waals surface area (Å²) in [6.07, 6.45) is 0. The number of anilines is 1. The fourth-order valence-electron chi connectivity index (χ4n) is 1.19. The highest BCUT2D eigenvalue weighted by Gasteiger charge is 2.06. The van der Waals surface area contributed by atoms with Crippen molar-refractivity contribution >= 4 is 17.4 Å². The molecule has 1 aromatic carbocycles. The third kappa shape index (κ3) is 2.52. The van der Waals surface area contributed by atoms with Gasteiger partial charge in [0.2, 0.25) is 11.8 Å². The molecule has 0 radical (unpaired) electrons. The molecule has 0 fully saturated rings. The van der Waals surface area contributed by atoms with E-state index in [9.17, 15) is 4.39 Å². The van der Waals surface area contributed by atoms with Gasteiger partial charge in [-0.3, -0.25) is 0 Å². The van der Waals surface area contributed by atoms with Gasteiger partial charge in [-0.1, -0.05) is 0 Å². The largest absolute Gasteiger partial charge is 0.425 e. The van der Waals surface area contributed by atoms with Gasteiger partial charge in [-0.2, -0.15) is 0 Å². The summed E-state index contributed by atoms with van der Waals surface area (Å²) in [6, 6.07) is 4.30. The van der Waals surface area contributed by atoms with Gasteiger partial charge in [-0.15, -0.1) is 22.0 Å². The zero-order chi connectivity index (χ0) is 11.5. The average molecular weight is 239 g/mol. The van der Waals surface area contributed by atoms with Crippen LogP contribution < -0.4 is 5.73 Å². The number of rotatable bonds is 3. The van der Waals surface area contributed by atoms with Crippen molar-refractivity contribution in [2.75, 3.05) is 5.73 Å². The van der Waals surface area contributed by atoms with E-state index < -0.39 is 0 Å². The van der Waals surface area contributed by atoms with E-state index in [0.717, 1.165) is 4.90 Å². The first-order valence-electron chi connectivity index (χ1n) is 4.62. The topological polar surface area (TPSA) is 64.9 Å². The molecule has 1 aromatic heterocycles. The van der Waals surface area contributed by atoms with Crippen molar-refractivity contribution in [3.8, 4) is 0 Å². The number of nitrogen functional groups attached to an aromatic ring is 1. The van der Waals surface area contributed by atoms with Crippen molar-refractivity contribution in [2.45, 2.75) is 17.6 Å². The van der Waals surface area contributed by atoms with E-state index in [1.165, 1.54) is 23.9 Å². The predicted molar refractivity (Wildman–Crippen MR) is 59.4 cm³/mol. The standard InChI is InChI=1S/C10H10FN3OS/c1-6-13-14-10(15-6)5-16-9-3-2-7(11)4-8(9)12/h2-4H,5,12H2,1H3. The minimum atomic E-state index is -0.338. The molecule has 2 rings (SSSR count). The van der Waals surface area contributed by atoms with Crippen LogP contribution in [0.2, 0.25) is 0 Å². The first-order valence-corrected chi connectivity index (χ1v) is 5.60. The molecule has 0 spiro atoms. The Bertz CT molecular complexity index is 501. The molecule has 0 atom stereocenters. The van der Waals surface area contributed by atoms with Crippen molar-refractivity contribution in [1.82, 2.24) is 10.2 Å². The summed E-state index contributed by atoms with van der Waals surface area (Å²) in [4.78, 5) is 0.803. The summed E-state index contributed by atoms with van der Waals surface area (Å²) >= 11 is 1.43. The van der Waals surface area contributed by atoms with E-state index >= 15 is 0 Å². The van der Waals surface area contributed by atoms with Crippen molar-refractivity contribution in [3.63, 3.8) is 0 Å². The maximum Gasteiger partial charge on any atom is 0.226 e. The lowest BCUT2D eigenvalue weighted by Gasteiger charge is -2.02. The number of halogens is 1. The molecule has 0 unspecified atom stereocenters. The highest BCUT2D eigenvalue weighted by Crippen LogP contribution is 2.28. The van der Waals surface area contributed by atoms with E-state index in [4.69, 9.17) is 10.2 Å². The first kappa shape index (κ1) is 10.9. The molecule has 2 N–H and O–H groups in total. The molecule has 0 saturated carbocycles. The van der Waals surface area contributed by atoms with Crippen LogP contribution in [0.3, 0.4) is 0 Å². The summed E-state index contributed by atoms with van der Waals surface area (Å²) in [6.45, 7) is 1.73.